The van der Waals surface area contributed by atoms with Crippen LogP contribution in [0.15, 0.2) is 0 Å². The van der Waals surface area contributed by atoms with Gasteiger partial charge in [0.05, 0.1) is 19.2 Å². The lowest BCUT2D eigenvalue weighted by Gasteiger charge is -2.29. The summed E-state index contributed by atoms with van der Waals surface area (Å²) >= 11 is 0. The first-order chi connectivity index (χ1) is 6.23. The summed E-state index contributed by atoms with van der Waals surface area (Å²) in [6.45, 7) is 1.11. The molecule has 0 N–H and O–H groups in total. The minimum atomic E-state index is -0.367. The molecule has 2 heterocycles. The molecule has 2 aliphatic rings. The molecule has 2 saturated heterocycles. The van der Waals surface area contributed by atoms with Crippen molar-refractivity contribution in [1.82, 2.24) is 0 Å². The van der Waals surface area contributed by atoms with Crippen molar-refractivity contribution in [3.63, 3.8) is 0 Å². The van der Waals surface area contributed by atoms with Gasteiger partial charge in [-0.15, -0.1) is 0 Å². The molecule has 2 bridgehead atoms. The monoisotopic (exact) mass is 186 g/mol. The highest BCUT2D eigenvalue weighted by molar-refractivity contribution is 6.11. The minimum Gasteiger partial charge on any atom is -0.381 e. The van der Waals surface area contributed by atoms with Gasteiger partial charge < -0.3 is 18.9 Å². The van der Waals surface area contributed by atoms with Gasteiger partial charge in [-0.05, 0) is 0 Å². The predicted molar refractivity (Wildman–Crippen MR) is 48.6 cm³/mol. The molecule has 0 saturated carbocycles. The van der Waals surface area contributed by atoms with Crippen LogP contribution in [0.1, 0.15) is 0 Å². The Kier molecular flexibility index (Phi) is 2.36. The Balaban J connectivity index is 2.17. The molecular weight excluding hydrogens is 171 g/mol. The average Bonchev–Trinajstić information content (AvgIpc) is 2.55. The topological polar surface area (TPSA) is 36.9 Å². The second-order valence-electron chi connectivity index (χ2n) is 3.75. The second-order valence-corrected chi connectivity index (χ2v) is 3.75. The first-order valence-electron chi connectivity index (χ1n) is 4.54. The van der Waals surface area contributed by atoms with Crippen molar-refractivity contribution >= 4 is 7.85 Å². The highest BCUT2D eigenvalue weighted by Crippen LogP contribution is 2.40. The zero-order valence-corrected chi connectivity index (χ0v) is 8.28. The minimum absolute atomic E-state index is 0.0162. The van der Waals surface area contributed by atoms with Gasteiger partial charge in [-0.3, -0.25) is 0 Å². The third-order valence-corrected chi connectivity index (χ3v) is 2.86. The fourth-order valence-electron chi connectivity index (χ4n) is 2.38. The molecule has 0 aliphatic carbocycles. The van der Waals surface area contributed by atoms with Crippen molar-refractivity contribution < 1.29 is 18.9 Å². The van der Waals surface area contributed by atoms with Crippen molar-refractivity contribution in [2.24, 2.45) is 0 Å². The van der Waals surface area contributed by atoms with E-state index in [-0.39, 0.29) is 23.8 Å². The highest BCUT2D eigenvalue weighted by atomic mass is 16.7. The summed E-state index contributed by atoms with van der Waals surface area (Å²) in [5, 5.41) is 0. The largest absolute Gasteiger partial charge is 0.381 e. The predicted octanol–water partition coefficient (Wildman–Crippen LogP) is -1.23. The molecule has 74 valence electrons. The lowest BCUT2D eigenvalue weighted by molar-refractivity contribution is -0.144. The summed E-state index contributed by atoms with van der Waals surface area (Å²) in [6, 6.07) is 0.105. The molecule has 5 heteroatoms. The van der Waals surface area contributed by atoms with Gasteiger partial charge in [0.1, 0.15) is 25.7 Å². The summed E-state index contributed by atoms with van der Waals surface area (Å²) in [7, 11) is 5.37. The summed E-state index contributed by atoms with van der Waals surface area (Å²) in [5.41, 5.74) is -0.367. The highest BCUT2D eigenvalue weighted by Gasteiger charge is 2.60. The molecule has 13 heavy (non-hydrogen) atoms. The number of rotatable bonds is 3. The van der Waals surface area contributed by atoms with E-state index in [4.69, 9.17) is 18.9 Å². The first-order valence-corrected chi connectivity index (χ1v) is 4.54. The van der Waals surface area contributed by atoms with Crippen LogP contribution < -0.4 is 0 Å². The average molecular weight is 186 g/mol. The van der Waals surface area contributed by atoms with Crippen molar-refractivity contribution in [2.75, 3.05) is 27.4 Å². The van der Waals surface area contributed by atoms with E-state index in [1.165, 1.54) is 0 Å². The van der Waals surface area contributed by atoms with E-state index in [0.717, 1.165) is 0 Å². The number of methoxy groups -OCH3 is 2. The van der Waals surface area contributed by atoms with Crippen LogP contribution in [0, 0.1) is 0 Å². The molecule has 2 rings (SSSR count). The fourth-order valence-corrected chi connectivity index (χ4v) is 2.38. The summed E-state index contributed by atoms with van der Waals surface area (Å²) in [4.78, 5) is 0. The van der Waals surface area contributed by atoms with E-state index in [9.17, 15) is 0 Å². The maximum absolute atomic E-state index is 5.82. The molecule has 0 spiro atoms. The van der Waals surface area contributed by atoms with Crippen molar-refractivity contribution in [2.45, 2.75) is 23.8 Å². The Labute approximate surface area is 78.9 Å². The zero-order chi connectivity index (χ0) is 9.47. The van der Waals surface area contributed by atoms with E-state index >= 15 is 0 Å². The van der Waals surface area contributed by atoms with Crippen molar-refractivity contribution in [1.29, 1.82) is 0 Å². The molecule has 2 aliphatic heterocycles. The van der Waals surface area contributed by atoms with Crippen LogP contribution in [0.4, 0.5) is 0 Å². The molecule has 0 aromatic carbocycles. The zero-order valence-electron chi connectivity index (χ0n) is 8.28. The van der Waals surface area contributed by atoms with Crippen LogP contribution in [-0.2, 0) is 18.9 Å². The SMILES string of the molecule is B[C@@H]1O[C@]2(COC)COC1[C@@H]2OC. The quantitative estimate of drug-likeness (QED) is 0.517. The summed E-state index contributed by atoms with van der Waals surface area (Å²) < 4.78 is 21.9. The molecule has 1 unspecified atom stereocenters. The maximum Gasteiger partial charge on any atom is 0.143 e. The Morgan fingerprint density at radius 1 is 1.54 bits per heavy atom. The molecule has 0 aromatic rings. The van der Waals surface area contributed by atoms with Crippen LogP contribution in [0.2, 0.25) is 0 Å². The van der Waals surface area contributed by atoms with Gasteiger partial charge in [0.2, 0.25) is 0 Å². The lowest BCUT2D eigenvalue weighted by atomic mass is 9.92. The Morgan fingerprint density at radius 3 is 2.85 bits per heavy atom. The number of ether oxygens (including phenoxy) is 4. The van der Waals surface area contributed by atoms with E-state index in [0.29, 0.717) is 13.2 Å². The van der Waals surface area contributed by atoms with Crippen LogP contribution >= 0.6 is 0 Å². The van der Waals surface area contributed by atoms with Gasteiger partial charge in [-0.25, -0.2) is 0 Å². The summed E-state index contributed by atoms with van der Waals surface area (Å²) in [5.74, 6) is 0. The van der Waals surface area contributed by atoms with Crippen LogP contribution in [-0.4, -0.2) is 59.1 Å². The fraction of sp³-hybridized carbons (Fsp3) is 1.00. The number of hydrogen-bond donors (Lipinski definition) is 0. The first kappa shape index (κ1) is 9.46. The van der Waals surface area contributed by atoms with Crippen molar-refractivity contribution in [3.8, 4) is 0 Å². The van der Waals surface area contributed by atoms with Gasteiger partial charge in [-0.2, -0.15) is 0 Å². The molecule has 2 fully saturated rings. The van der Waals surface area contributed by atoms with Crippen LogP contribution in [0.3, 0.4) is 0 Å². The normalized spacial score (nSPS) is 48.6. The smallest absolute Gasteiger partial charge is 0.143 e. The second kappa shape index (κ2) is 3.24. The van der Waals surface area contributed by atoms with Gasteiger partial charge in [0.25, 0.3) is 0 Å². The van der Waals surface area contributed by atoms with Crippen molar-refractivity contribution in [3.05, 3.63) is 0 Å². The molecule has 4 nitrogen and oxygen atoms in total. The summed E-state index contributed by atoms with van der Waals surface area (Å²) in [6.07, 6.45) is 0.0857. The number of hydrogen-bond acceptors (Lipinski definition) is 4. The Morgan fingerprint density at radius 2 is 2.31 bits per heavy atom. The van der Waals surface area contributed by atoms with Gasteiger partial charge >= 0.3 is 0 Å². The van der Waals surface area contributed by atoms with Gasteiger partial charge in [0, 0.05) is 14.2 Å². The van der Waals surface area contributed by atoms with Gasteiger partial charge in [-0.1, -0.05) is 0 Å². The van der Waals surface area contributed by atoms with E-state index in [2.05, 4.69) is 0 Å². The van der Waals surface area contributed by atoms with Gasteiger partial charge in [0.15, 0.2) is 0 Å². The van der Waals surface area contributed by atoms with E-state index < -0.39 is 0 Å². The standard InChI is InChI=1S/C8H15BO4/c1-10-3-8-4-12-5(6(8)11-2)7(9)13-8/h5-7H,3-4,9H2,1-2H3/t5?,6-,7+,8+/m0/s1. The van der Waals surface area contributed by atoms with Crippen LogP contribution in [0.25, 0.3) is 0 Å². The van der Waals surface area contributed by atoms with E-state index in [1.807, 2.05) is 7.85 Å². The molecule has 4 atom stereocenters. The Hall–Kier alpha value is -0.0951. The molecule has 0 amide bonds. The Bertz CT molecular complexity index is 201. The third kappa shape index (κ3) is 1.22. The third-order valence-electron chi connectivity index (χ3n) is 2.86. The maximum atomic E-state index is 5.82. The number of fused-ring (bicyclic) bond motifs is 2. The van der Waals surface area contributed by atoms with Crippen LogP contribution in [0.5, 0.6) is 0 Å². The lowest BCUT2D eigenvalue weighted by Crippen LogP contribution is -2.45. The molecule has 0 radical (unpaired) electrons. The molecule has 0 aromatic heterocycles. The molecular formula is C8H15BO4. The van der Waals surface area contributed by atoms with E-state index in [1.54, 1.807) is 14.2 Å².